The summed E-state index contributed by atoms with van der Waals surface area (Å²) in [5.74, 6) is 0.449. The van der Waals surface area contributed by atoms with Crippen molar-refractivity contribution in [3.63, 3.8) is 0 Å². The van der Waals surface area contributed by atoms with Gasteiger partial charge in [0.2, 0.25) is 0 Å². The van der Waals surface area contributed by atoms with E-state index in [1.807, 2.05) is 24.3 Å². The van der Waals surface area contributed by atoms with Crippen molar-refractivity contribution < 1.29 is 17.9 Å². The minimum atomic E-state index is -3.81. The predicted molar refractivity (Wildman–Crippen MR) is 122 cm³/mol. The van der Waals surface area contributed by atoms with Crippen LogP contribution in [0.15, 0.2) is 96.4 Å². The van der Waals surface area contributed by atoms with Crippen LogP contribution in [-0.4, -0.2) is 32.9 Å². The number of sulfonamides is 1. The molecule has 1 amide bonds. The third kappa shape index (κ3) is 5.96. The quantitative estimate of drug-likeness (QED) is 0.507. The normalized spacial score (nSPS) is 10.9. The van der Waals surface area contributed by atoms with Crippen LogP contribution in [0.2, 0.25) is 0 Å². The number of nitrogens with one attached hydrogen (secondary N) is 1. The van der Waals surface area contributed by atoms with Gasteiger partial charge in [0, 0.05) is 24.8 Å². The molecular weight excluding hydrogens is 412 g/mol. The highest BCUT2D eigenvalue weighted by atomic mass is 32.2. The molecule has 0 unspecified atom stereocenters. The molecule has 0 saturated heterocycles. The average molecular weight is 437 g/mol. The van der Waals surface area contributed by atoms with E-state index < -0.39 is 10.0 Å². The lowest BCUT2D eigenvalue weighted by Crippen LogP contribution is -2.26. The molecule has 0 fully saturated rings. The Labute approximate surface area is 182 Å². The van der Waals surface area contributed by atoms with Crippen LogP contribution in [-0.2, 0) is 16.6 Å². The maximum absolute atomic E-state index is 12.9. The van der Waals surface area contributed by atoms with Crippen LogP contribution < -0.4 is 9.46 Å². The van der Waals surface area contributed by atoms with Gasteiger partial charge in [-0.05, 0) is 48.0 Å². The predicted octanol–water partition coefficient (Wildman–Crippen LogP) is 4.32. The standard InChI is InChI=1S/C24H24N2O4S/c1-3-16-30-22-14-12-19(13-15-22)18-26(2)24(27)20-8-7-11-23(17-20)31(28,29)25-21-9-5-4-6-10-21/h3-15,17,25H,1,16,18H2,2H3. The molecule has 0 aromatic heterocycles. The van der Waals surface area contributed by atoms with Gasteiger partial charge < -0.3 is 9.64 Å². The van der Waals surface area contributed by atoms with Gasteiger partial charge in [0.15, 0.2) is 0 Å². The van der Waals surface area contributed by atoms with E-state index in [0.717, 1.165) is 11.3 Å². The van der Waals surface area contributed by atoms with Crippen molar-refractivity contribution >= 4 is 21.6 Å². The fraction of sp³-hybridized carbons (Fsp3) is 0.125. The van der Waals surface area contributed by atoms with Crippen molar-refractivity contribution in [2.75, 3.05) is 18.4 Å². The molecule has 3 rings (SSSR count). The summed E-state index contributed by atoms with van der Waals surface area (Å²) in [6.45, 7) is 4.41. The van der Waals surface area contributed by atoms with Gasteiger partial charge in [-0.1, -0.05) is 49.1 Å². The molecule has 0 heterocycles. The molecule has 6 nitrogen and oxygen atoms in total. The average Bonchev–Trinajstić information content (AvgIpc) is 2.78. The van der Waals surface area contributed by atoms with E-state index in [1.165, 1.54) is 17.0 Å². The summed E-state index contributed by atoms with van der Waals surface area (Å²) in [7, 11) is -2.13. The SMILES string of the molecule is C=CCOc1ccc(CN(C)C(=O)c2cccc(S(=O)(=O)Nc3ccccc3)c2)cc1. The molecule has 0 spiro atoms. The van der Waals surface area contributed by atoms with Crippen LogP contribution in [0.4, 0.5) is 5.69 Å². The van der Waals surface area contributed by atoms with E-state index in [4.69, 9.17) is 4.74 Å². The molecule has 1 N–H and O–H groups in total. The Morgan fingerprint density at radius 2 is 1.74 bits per heavy atom. The van der Waals surface area contributed by atoms with Gasteiger partial charge >= 0.3 is 0 Å². The van der Waals surface area contributed by atoms with Gasteiger partial charge in [-0.25, -0.2) is 8.42 Å². The van der Waals surface area contributed by atoms with Crippen molar-refractivity contribution in [3.05, 3.63) is 103 Å². The Hall–Kier alpha value is -3.58. The zero-order chi connectivity index (χ0) is 22.3. The van der Waals surface area contributed by atoms with E-state index >= 15 is 0 Å². The second-order valence-electron chi connectivity index (χ2n) is 6.90. The summed E-state index contributed by atoms with van der Waals surface area (Å²) in [6.07, 6.45) is 1.67. The van der Waals surface area contributed by atoms with Crippen LogP contribution in [0.3, 0.4) is 0 Å². The van der Waals surface area contributed by atoms with Crippen molar-refractivity contribution in [2.24, 2.45) is 0 Å². The topological polar surface area (TPSA) is 75.7 Å². The molecule has 0 bridgehead atoms. The number of ether oxygens (including phenoxy) is 1. The van der Waals surface area contributed by atoms with Crippen LogP contribution in [0.25, 0.3) is 0 Å². The Balaban J connectivity index is 1.71. The van der Waals surface area contributed by atoms with Gasteiger partial charge in [0.05, 0.1) is 4.90 Å². The van der Waals surface area contributed by atoms with Crippen LogP contribution in [0.1, 0.15) is 15.9 Å². The molecule has 0 radical (unpaired) electrons. The first-order valence-electron chi connectivity index (χ1n) is 9.65. The molecule has 7 heteroatoms. The third-order valence-electron chi connectivity index (χ3n) is 4.47. The number of benzene rings is 3. The molecule has 160 valence electrons. The molecule has 0 saturated carbocycles. The van der Waals surface area contributed by atoms with Crippen LogP contribution >= 0.6 is 0 Å². The first kappa shape index (κ1) is 22.1. The number of rotatable bonds is 9. The number of carbonyl (C=O) groups is 1. The van der Waals surface area contributed by atoms with Crippen molar-refractivity contribution in [1.29, 1.82) is 0 Å². The van der Waals surface area contributed by atoms with Crippen LogP contribution in [0, 0.1) is 0 Å². The first-order valence-corrected chi connectivity index (χ1v) is 11.1. The lowest BCUT2D eigenvalue weighted by atomic mass is 10.1. The summed E-state index contributed by atoms with van der Waals surface area (Å²) >= 11 is 0. The van der Waals surface area contributed by atoms with Gasteiger partial charge in [-0.15, -0.1) is 0 Å². The summed E-state index contributed by atoms with van der Waals surface area (Å²) in [5, 5.41) is 0. The maximum Gasteiger partial charge on any atom is 0.261 e. The summed E-state index contributed by atoms with van der Waals surface area (Å²) in [6, 6.07) is 22.0. The van der Waals surface area contributed by atoms with Crippen LogP contribution in [0.5, 0.6) is 5.75 Å². The second kappa shape index (κ2) is 9.95. The molecule has 0 aliphatic rings. The lowest BCUT2D eigenvalue weighted by molar-refractivity contribution is 0.0785. The van der Waals surface area contributed by atoms with Crippen molar-refractivity contribution in [3.8, 4) is 5.75 Å². The largest absolute Gasteiger partial charge is 0.490 e. The number of carbonyl (C=O) groups excluding carboxylic acids is 1. The zero-order valence-electron chi connectivity index (χ0n) is 17.2. The number of nitrogens with zero attached hydrogens (tertiary/aromatic N) is 1. The summed E-state index contributed by atoms with van der Waals surface area (Å²) in [4.78, 5) is 14.4. The Bertz CT molecular complexity index is 1140. The summed E-state index contributed by atoms with van der Waals surface area (Å²) < 4.78 is 33.4. The van der Waals surface area contributed by atoms with Gasteiger partial charge in [0.25, 0.3) is 15.9 Å². The van der Waals surface area contributed by atoms with Gasteiger partial charge in [-0.2, -0.15) is 0 Å². The minimum absolute atomic E-state index is 0.0272. The molecular formula is C24H24N2O4S. The third-order valence-corrected chi connectivity index (χ3v) is 5.85. The number of amides is 1. The molecule has 0 aliphatic carbocycles. The Morgan fingerprint density at radius 3 is 2.42 bits per heavy atom. The van der Waals surface area contributed by atoms with E-state index in [9.17, 15) is 13.2 Å². The number of anilines is 1. The fourth-order valence-corrected chi connectivity index (χ4v) is 4.03. The van der Waals surface area contributed by atoms with Gasteiger partial charge in [0.1, 0.15) is 12.4 Å². The Kier molecular flexibility index (Phi) is 7.10. The van der Waals surface area contributed by atoms with Crippen molar-refractivity contribution in [2.45, 2.75) is 11.4 Å². The van der Waals surface area contributed by atoms with E-state index in [-0.39, 0.29) is 10.8 Å². The molecule has 3 aromatic carbocycles. The highest BCUT2D eigenvalue weighted by molar-refractivity contribution is 7.92. The molecule has 0 aliphatic heterocycles. The smallest absolute Gasteiger partial charge is 0.261 e. The number of para-hydroxylation sites is 1. The minimum Gasteiger partial charge on any atom is -0.490 e. The van der Waals surface area contributed by atoms with E-state index in [1.54, 1.807) is 55.6 Å². The number of hydrogen-bond acceptors (Lipinski definition) is 4. The fourth-order valence-electron chi connectivity index (χ4n) is 2.93. The molecule has 3 aromatic rings. The highest BCUT2D eigenvalue weighted by Crippen LogP contribution is 2.19. The second-order valence-corrected chi connectivity index (χ2v) is 8.59. The first-order chi connectivity index (χ1) is 14.9. The highest BCUT2D eigenvalue weighted by Gasteiger charge is 2.18. The van der Waals surface area contributed by atoms with E-state index in [0.29, 0.717) is 24.4 Å². The molecule has 0 atom stereocenters. The maximum atomic E-state index is 12.9. The summed E-state index contributed by atoms with van der Waals surface area (Å²) in [5.41, 5.74) is 1.68. The van der Waals surface area contributed by atoms with E-state index in [2.05, 4.69) is 11.3 Å². The number of hydrogen-bond donors (Lipinski definition) is 1. The monoisotopic (exact) mass is 436 g/mol. The molecule has 31 heavy (non-hydrogen) atoms. The van der Waals surface area contributed by atoms with Crippen molar-refractivity contribution in [1.82, 2.24) is 4.90 Å². The zero-order valence-corrected chi connectivity index (χ0v) is 18.0. The van der Waals surface area contributed by atoms with Gasteiger partial charge in [-0.3, -0.25) is 9.52 Å². The lowest BCUT2D eigenvalue weighted by Gasteiger charge is -2.18. The Morgan fingerprint density at radius 1 is 1.03 bits per heavy atom.